The van der Waals surface area contributed by atoms with Crippen LogP contribution in [0.1, 0.15) is 30.7 Å². The van der Waals surface area contributed by atoms with E-state index < -0.39 is 10.0 Å². The Balaban J connectivity index is 1.55. The van der Waals surface area contributed by atoms with Crippen molar-refractivity contribution in [3.05, 3.63) is 59.0 Å². The zero-order chi connectivity index (χ0) is 19.0. The van der Waals surface area contributed by atoms with Gasteiger partial charge >= 0.3 is 0 Å². The van der Waals surface area contributed by atoms with E-state index in [-0.39, 0.29) is 11.7 Å². The lowest BCUT2D eigenvalue weighted by Crippen LogP contribution is -2.30. The molecule has 3 aromatic rings. The van der Waals surface area contributed by atoms with Crippen molar-refractivity contribution < 1.29 is 8.42 Å². The Morgan fingerprint density at radius 3 is 2.74 bits per heavy atom. The number of aromatic nitrogens is 3. The number of pyridine rings is 1. The number of fused-ring (bicyclic) bond motifs is 1. The van der Waals surface area contributed by atoms with Crippen LogP contribution in [0.4, 0.5) is 0 Å². The minimum atomic E-state index is -3.38. The van der Waals surface area contributed by atoms with E-state index in [1.165, 1.54) is 0 Å². The average molecular weight is 405 g/mol. The topological polar surface area (TPSA) is 68.1 Å². The lowest BCUT2D eigenvalue weighted by atomic mass is 10.1. The van der Waals surface area contributed by atoms with Gasteiger partial charge in [0.15, 0.2) is 5.65 Å². The van der Waals surface area contributed by atoms with Gasteiger partial charge in [0.2, 0.25) is 10.0 Å². The summed E-state index contributed by atoms with van der Waals surface area (Å²) in [5.41, 5.74) is 2.46. The number of hydrogen-bond donors (Lipinski definition) is 0. The molecule has 1 aliphatic rings. The van der Waals surface area contributed by atoms with Gasteiger partial charge in [0.25, 0.3) is 0 Å². The average Bonchev–Trinajstić information content (AvgIpc) is 3.28. The van der Waals surface area contributed by atoms with Gasteiger partial charge in [0.05, 0.1) is 5.75 Å². The molecule has 142 valence electrons. The van der Waals surface area contributed by atoms with E-state index >= 15 is 0 Å². The molecule has 1 unspecified atom stereocenters. The van der Waals surface area contributed by atoms with Crippen LogP contribution in [-0.2, 0) is 22.3 Å². The van der Waals surface area contributed by atoms with Crippen LogP contribution in [0, 0.1) is 0 Å². The fourth-order valence-electron chi connectivity index (χ4n) is 3.67. The van der Waals surface area contributed by atoms with Gasteiger partial charge in [-0.2, -0.15) is 0 Å². The smallest absolute Gasteiger partial charge is 0.218 e. The Morgan fingerprint density at radius 1 is 1.22 bits per heavy atom. The first-order valence-electron chi connectivity index (χ1n) is 9.01. The van der Waals surface area contributed by atoms with Crippen molar-refractivity contribution >= 4 is 32.8 Å². The Labute approximate surface area is 163 Å². The van der Waals surface area contributed by atoms with Gasteiger partial charge in [-0.15, -0.1) is 0 Å². The van der Waals surface area contributed by atoms with Crippen molar-refractivity contribution in [2.45, 2.75) is 31.6 Å². The molecule has 1 aliphatic heterocycles. The molecule has 1 fully saturated rings. The monoisotopic (exact) mass is 404 g/mol. The number of benzene rings is 1. The van der Waals surface area contributed by atoms with Crippen LogP contribution < -0.4 is 0 Å². The summed E-state index contributed by atoms with van der Waals surface area (Å²) in [5.74, 6) is 0.998. The fourth-order valence-corrected chi connectivity index (χ4v) is 5.39. The Morgan fingerprint density at radius 2 is 2.00 bits per heavy atom. The predicted octanol–water partition coefficient (Wildman–Crippen LogP) is 3.42. The number of imidazole rings is 1. The highest BCUT2D eigenvalue weighted by atomic mass is 35.5. The molecule has 0 radical (unpaired) electrons. The quantitative estimate of drug-likeness (QED) is 0.653. The molecular formula is C19H21ClN4O2S. The molecule has 2 aromatic heterocycles. The lowest BCUT2D eigenvalue weighted by molar-refractivity contribution is 0.468. The summed E-state index contributed by atoms with van der Waals surface area (Å²) in [5, 5.41) is 0.601. The van der Waals surface area contributed by atoms with Crippen molar-refractivity contribution in [2.24, 2.45) is 0 Å². The number of rotatable bonds is 5. The van der Waals surface area contributed by atoms with Gasteiger partial charge in [0.1, 0.15) is 11.3 Å². The number of aryl methyl sites for hydroxylation is 1. The summed E-state index contributed by atoms with van der Waals surface area (Å²) in [6, 6.07) is 10.8. The molecular weight excluding hydrogens is 384 g/mol. The molecule has 6 nitrogen and oxygen atoms in total. The lowest BCUT2D eigenvalue weighted by Gasteiger charge is -2.17. The van der Waals surface area contributed by atoms with Crippen LogP contribution in [0.2, 0.25) is 5.02 Å². The maximum absolute atomic E-state index is 12.8. The van der Waals surface area contributed by atoms with Crippen LogP contribution in [0.25, 0.3) is 11.2 Å². The first kappa shape index (κ1) is 18.4. The standard InChI is InChI=1S/C19H21ClN4O2S/c1-2-24-18(22-17-4-3-10-21-19(17)24)15-9-11-23(12-15)27(25,26)13-14-5-7-16(20)8-6-14/h3-8,10,15H,2,9,11-13H2,1H3. The zero-order valence-corrected chi connectivity index (χ0v) is 16.6. The number of nitrogens with zero attached hydrogens (tertiary/aromatic N) is 4. The summed E-state index contributed by atoms with van der Waals surface area (Å²) >= 11 is 5.88. The minimum Gasteiger partial charge on any atom is -0.313 e. The second-order valence-electron chi connectivity index (χ2n) is 6.79. The van der Waals surface area contributed by atoms with Gasteiger partial charge in [-0.25, -0.2) is 22.7 Å². The molecule has 0 N–H and O–H groups in total. The summed E-state index contributed by atoms with van der Waals surface area (Å²) in [4.78, 5) is 9.17. The van der Waals surface area contributed by atoms with Gasteiger partial charge in [-0.05, 0) is 43.2 Å². The Bertz CT molecular complexity index is 1060. The van der Waals surface area contributed by atoms with Gasteiger partial charge in [-0.1, -0.05) is 23.7 Å². The van der Waals surface area contributed by atoms with Gasteiger partial charge in [0, 0.05) is 36.8 Å². The molecule has 0 amide bonds. The molecule has 27 heavy (non-hydrogen) atoms. The van der Waals surface area contributed by atoms with Crippen LogP contribution in [0.3, 0.4) is 0 Å². The van der Waals surface area contributed by atoms with Crippen molar-refractivity contribution in [3.8, 4) is 0 Å². The molecule has 0 bridgehead atoms. The molecule has 0 spiro atoms. The predicted molar refractivity (Wildman–Crippen MR) is 106 cm³/mol. The van der Waals surface area contributed by atoms with E-state index in [2.05, 4.69) is 16.5 Å². The van der Waals surface area contributed by atoms with Crippen molar-refractivity contribution in [2.75, 3.05) is 13.1 Å². The van der Waals surface area contributed by atoms with Crippen LogP contribution in [-0.4, -0.2) is 40.3 Å². The molecule has 8 heteroatoms. The van der Waals surface area contributed by atoms with Crippen LogP contribution in [0.5, 0.6) is 0 Å². The molecule has 0 saturated carbocycles. The second-order valence-corrected chi connectivity index (χ2v) is 9.19. The first-order valence-corrected chi connectivity index (χ1v) is 11.0. The molecule has 3 heterocycles. The maximum atomic E-state index is 12.8. The first-order chi connectivity index (χ1) is 13.0. The normalized spacial score (nSPS) is 18.4. The van der Waals surface area contributed by atoms with E-state index in [4.69, 9.17) is 16.6 Å². The highest BCUT2D eigenvalue weighted by Gasteiger charge is 2.34. The third kappa shape index (κ3) is 3.59. The largest absolute Gasteiger partial charge is 0.313 e. The van der Waals surface area contributed by atoms with Crippen molar-refractivity contribution in [1.82, 2.24) is 18.8 Å². The van der Waals surface area contributed by atoms with Crippen molar-refractivity contribution in [3.63, 3.8) is 0 Å². The summed E-state index contributed by atoms with van der Waals surface area (Å²) < 4.78 is 29.4. The summed E-state index contributed by atoms with van der Waals surface area (Å²) in [6.45, 7) is 3.79. The SMILES string of the molecule is CCn1c(C2CCN(S(=O)(=O)Cc3ccc(Cl)cc3)C2)nc2cccnc21. The third-order valence-corrected chi connectivity index (χ3v) is 7.09. The molecule has 4 rings (SSSR count). The molecule has 1 saturated heterocycles. The van der Waals surface area contributed by atoms with Crippen molar-refractivity contribution in [1.29, 1.82) is 0 Å². The number of sulfonamides is 1. The van der Waals surface area contributed by atoms with Gasteiger partial charge in [-0.3, -0.25) is 0 Å². The summed E-state index contributed by atoms with van der Waals surface area (Å²) in [6.07, 6.45) is 2.53. The zero-order valence-electron chi connectivity index (χ0n) is 15.0. The highest BCUT2D eigenvalue weighted by molar-refractivity contribution is 7.88. The Hall–Kier alpha value is -1.96. The van der Waals surface area contributed by atoms with E-state index in [1.54, 1.807) is 34.8 Å². The van der Waals surface area contributed by atoms with E-state index in [1.807, 2.05) is 12.1 Å². The fraction of sp³-hybridized carbons (Fsp3) is 0.368. The van der Waals surface area contributed by atoms with Crippen LogP contribution >= 0.6 is 11.6 Å². The summed E-state index contributed by atoms with van der Waals surface area (Å²) in [7, 11) is -3.38. The maximum Gasteiger partial charge on any atom is 0.218 e. The molecule has 0 aliphatic carbocycles. The number of halogens is 1. The third-order valence-electron chi connectivity index (χ3n) is 5.02. The van der Waals surface area contributed by atoms with E-state index in [0.29, 0.717) is 18.1 Å². The highest BCUT2D eigenvalue weighted by Crippen LogP contribution is 2.31. The van der Waals surface area contributed by atoms with E-state index in [9.17, 15) is 8.42 Å². The van der Waals surface area contributed by atoms with Gasteiger partial charge < -0.3 is 4.57 Å². The second kappa shape index (κ2) is 7.22. The molecule has 1 atom stereocenters. The van der Waals surface area contributed by atoms with Crippen LogP contribution in [0.15, 0.2) is 42.6 Å². The number of hydrogen-bond acceptors (Lipinski definition) is 4. The van der Waals surface area contributed by atoms with E-state index in [0.717, 1.165) is 35.5 Å². The Kier molecular flexibility index (Phi) is 4.92. The minimum absolute atomic E-state index is 0.0113. The molecule has 1 aromatic carbocycles.